The van der Waals surface area contributed by atoms with Crippen LogP contribution in [0.15, 0.2) is 22.7 Å². The van der Waals surface area contributed by atoms with Gasteiger partial charge < -0.3 is 15.5 Å². The Morgan fingerprint density at radius 1 is 1.41 bits per heavy atom. The topological polar surface area (TPSA) is 81.9 Å². The molecule has 0 atom stereocenters. The molecular weight excluding hydrogens is 218 g/mol. The fraction of sp³-hybridized carbons (Fsp3) is 0.455. The van der Waals surface area contributed by atoms with Gasteiger partial charge in [-0.3, -0.25) is 4.68 Å². The van der Waals surface area contributed by atoms with Crippen LogP contribution in [0.4, 0.5) is 0 Å². The molecule has 0 saturated carbocycles. The number of hydrogen-bond acceptors (Lipinski definition) is 5. The first-order valence-corrected chi connectivity index (χ1v) is 5.63. The van der Waals surface area contributed by atoms with E-state index in [1.165, 1.54) is 0 Å². The number of rotatable bonds is 6. The Morgan fingerprint density at radius 3 is 3.00 bits per heavy atom. The molecule has 2 rings (SSSR count). The van der Waals surface area contributed by atoms with Crippen LogP contribution in [0.2, 0.25) is 0 Å². The first-order valence-electron chi connectivity index (χ1n) is 5.63. The number of nitrogens with two attached hydrogens (primary N) is 1. The molecule has 92 valence electrons. The Hall–Kier alpha value is -1.66. The Balaban J connectivity index is 1.77. The van der Waals surface area contributed by atoms with E-state index in [0.29, 0.717) is 26.2 Å². The van der Waals surface area contributed by atoms with E-state index in [1.807, 2.05) is 25.3 Å². The van der Waals surface area contributed by atoms with E-state index in [1.54, 1.807) is 4.68 Å². The molecule has 0 aliphatic carbocycles. The average molecular weight is 235 g/mol. The molecule has 17 heavy (non-hydrogen) atoms. The molecule has 0 aliphatic rings. The first kappa shape index (κ1) is 11.8. The molecule has 0 unspecified atom stereocenters. The number of furan rings is 1. The summed E-state index contributed by atoms with van der Waals surface area (Å²) in [4.78, 5) is 0. The number of aryl methyl sites for hydroxylation is 1. The minimum absolute atomic E-state index is 0.571. The summed E-state index contributed by atoms with van der Waals surface area (Å²) in [5, 5.41) is 11.2. The predicted octanol–water partition coefficient (Wildman–Crippen LogP) is 0.428. The van der Waals surface area contributed by atoms with Gasteiger partial charge in [-0.1, -0.05) is 5.21 Å². The normalized spacial score (nSPS) is 10.9. The third-order valence-corrected chi connectivity index (χ3v) is 2.35. The van der Waals surface area contributed by atoms with Gasteiger partial charge in [-0.15, -0.1) is 5.10 Å². The summed E-state index contributed by atoms with van der Waals surface area (Å²) in [6, 6.07) is 3.92. The fourth-order valence-corrected chi connectivity index (χ4v) is 1.55. The summed E-state index contributed by atoms with van der Waals surface area (Å²) in [5.41, 5.74) is 6.34. The van der Waals surface area contributed by atoms with Crippen LogP contribution < -0.4 is 11.1 Å². The SMILES string of the molecule is Cc1ccc(CNCc2cn(CCN)nn2)o1. The molecule has 0 radical (unpaired) electrons. The van der Waals surface area contributed by atoms with Crippen molar-refractivity contribution in [2.24, 2.45) is 5.73 Å². The Labute approximate surface area is 99.8 Å². The molecule has 0 fully saturated rings. The second-order valence-electron chi connectivity index (χ2n) is 3.88. The maximum atomic E-state index is 5.44. The van der Waals surface area contributed by atoms with Crippen LogP contribution in [0.25, 0.3) is 0 Å². The molecule has 0 spiro atoms. The van der Waals surface area contributed by atoms with Crippen LogP contribution in [0.1, 0.15) is 17.2 Å². The number of nitrogens with zero attached hydrogens (tertiary/aromatic N) is 3. The van der Waals surface area contributed by atoms with Gasteiger partial charge in [0.15, 0.2) is 0 Å². The van der Waals surface area contributed by atoms with E-state index >= 15 is 0 Å². The first-order chi connectivity index (χ1) is 8.28. The predicted molar refractivity (Wildman–Crippen MR) is 63.1 cm³/mol. The van der Waals surface area contributed by atoms with Crippen molar-refractivity contribution < 1.29 is 4.42 Å². The molecule has 2 aromatic rings. The van der Waals surface area contributed by atoms with E-state index < -0.39 is 0 Å². The van der Waals surface area contributed by atoms with Crippen LogP contribution in [0, 0.1) is 6.92 Å². The minimum Gasteiger partial charge on any atom is -0.465 e. The van der Waals surface area contributed by atoms with Gasteiger partial charge in [-0.25, -0.2) is 0 Å². The summed E-state index contributed by atoms with van der Waals surface area (Å²) in [5.74, 6) is 1.85. The van der Waals surface area contributed by atoms with Gasteiger partial charge in [0.2, 0.25) is 0 Å². The van der Waals surface area contributed by atoms with E-state index in [2.05, 4.69) is 15.6 Å². The minimum atomic E-state index is 0.571. The van der Waals surface area contributed by atoms with Gasteiger partial charge in [0, 0.05) is 19.3 Å². The van der Waals surface area contributed by atoms with Crippen molar-refractivity contribution in [3.63, 3.8) is 0 Å². The largest absolute Gasteiger partial charge is 0.465 e. The molecule has 0 saturated heterocycles. The zero-order valence-corrected chi connectivity index (χ0v) is 9.89. The smallest absolute Gasteiger partial charge is 0.117 e. The van der Waals surface area contributed by atoms with E-state index in [0.717, 1.165) is 17.2 Å². The molecule has 2 aromatic heterocycles. The van der Waals surface area contributed by atoms with Crippen molar-refractivity contribution in [2.45, 2.75) is 26.6 Å². The quantitative estimate of drug-likeness (QED) is 0.758. The van der Waals surface area contributed by atoms with E-state index in [-0.39, 0.29) is 0 Å². The number of nitrogens with one attached hydrogen (secondary N) is 1. The summed E-state index contributed by atoms with van der Waals surface area (Å²) in [7, 11) is 0. The lowest BCUT2D eigenvalue weighted by molar-refractivity contribution is 0.461. The van der Waals surface area contributed by atoms with Crippen LogP contribution in [0.5, 0.6) is 0 Å². The lowest BCUT2D eigenvalue weighted by Gasteiger charge is -1.98. The third-order valence-electron chi connectivity index (χ3n) is 2.35. The Morgan fingerprint density at radius 2 is 2.29 bits per heavy atom. The van der Waals surface area contributed by atoms with Crippen molar-refractivity contribution in [1.82, 2.24) is 20.3 Å². The van der Waals surface area contributed by atoms with Crippen molar-refractivity contribution >= 4 is 0 Å². The summed E-state index contributed by atoms with van der Waals surface area (Å²) in [6.07, 6.45) is 1.90. The standard InChI is InChI=1S/C11H17N5O/c1-9-2-3-11(17-9)7-13-6-10-8-16(5-4-12)15-14-10/h2-3,8,13H,4-7,12H2,1H3. The van der Waals surface area contributed by atoms with Gasteiger partial charge in [0.1, 0.15) is 11.5 Å². The molecule has 3 N–H and O–H groups in total. The molecule has 0 aromatic carbocycles. The maximum Gasteiger partial charge on any atom is 0.117 e. The Kier molecular flexibility index (Phi) is 3.89. The van der Waals surface area contributed by atoms with Crippen molar-refractivity contribution in [2.75, 3.05) is 6.54 Å². The highest BCUT2D eigenvalue weighted by molar-refractivity contribution is 5.05. The molecule has 0 amide bonds. The molecule has 0 aliphatic heterocycles. The highest BCUT2D eigenvalue weighted by Gasteiger charge is 2.01. The van der Waals surface area contributed by atoms with Crippen LogP contribution in [0.3, 0.4) is 0 Å². The highest BCUT2D eigenvalue weighted by atomic mass is 16.3. The summed E-state index contributed by atoms with van der Waals surface area (Å²) >= 11 is 0. The number of hydrogen-bond donors (Lipinski definition) is 2. The van der Waals surface area contributed by atoms with Gasteiger partial charge in [-0.2, -0.15) is 0 Å². The average Bonchev–Trinajstić information content (AvgIpc) is 2.89. The lowest BCUT2D eigenvalue weighted by atomic mass is 10.4. The monoisotopic (exact) mass is 235 g/mol. The zero-order chi connectivity index (χ0) is 12.1. The third kappa shape index (κ3) is 3.40. The van der Waals surface area contributed by atoms with Crippen LogP contribution in [-0.2, 0) is 19.6 Å². The van der Waals surface area contributed by atoms with Crippen molar-refractivity contribution in [1.29, 1.82) is 0 Å². The van der Waals surface area contributed by atoms with Crippen LogP contribution in [-0.4, -0.2) is 21.5 Å². The molecule has 6 nitrogen and oxygen atoms in total. The van der Waals surface area contributed by atoms with Gasteiger partial charge in [0.25, 0.3) is 0 Å². The fourth-order valence-electron chi connectivity index (χ4n) is 1.55. The maximum absolute atomic E-state index is 5.44. The molecular formula is C11H17N5O. The van der Waals surface area contributed by atoms with Crippen molar-refractivity contribution in [3.8, 4) is 0 Å². The Bertz CT molecular complexity index is 462. The van der Waals surface area contributed by atoms with Gasteiger partial charge in [-0.05, 0) is 19.1 Å². The van der Waals surface area contributed by atoms with E-state index in [9.17, 15) is 0 Å². The van der Waals surface area contributed by atoms with E-state index in [4.69, 9.17) is 10.2 Å². The van der Waals surface area contributed by atoms with Gasteiger partial charge in [0.05, 0.1) is 18.8 Å². The molecule has 2 heterocycles. The second-order valence-corrected chi connectivity index (χ2v) is 3.88. The van der Waals surface area contributed by atoms with Crippen LogP contribution >= 0.6 is 0 Å². The second kappa shape index (κ2) is 5.60. The van der Waals surface area contributed by atoms with Crippen molar-refractivity contribution in [3.05, 3.63) is 35.5 Å². The zero-order valence-electron chi connectivity index (χ0n) is 9.89. The lowest BCUT2D eigenvalue weighted by Crippen LogP contribution is -2.12. The molecule has 6 heteroatoms. The highest BCUT2D eigenvalue weighted by Crippen LogP contribution is 2.05. The van der Waals surface area contributed by atoms with Gasteiger partial charge >= 0.3 is 0 Å². The summed E-state index contributed by atoms with van der Waals surface area (Å²) < 4.78 is 7.19. The molecule has 0 bridgehead atoms. The summed E-state index contributed by atoms with van der Waals surface area (Å²) in [6.45, 7) is 4.57. The number of aromatic nitrogens is 3.